The van der Waals surface area contributed by atoms with Gasteiger partial charge in [-0.25, -0.2) is 0 Å². The number of nitrogens with zero attached hydrogens (tertiary/aromatic N) is 3. The Balaban J connectivity index is 1.95. The topological polar surface area (TPSA) is 55.2 Å². The first-order valence-corrected chi connectivity index (χ1v) is 7.47. The highest BCUT2D eigenvalue weighted by atomic mass is 79.9. The van der Waals surface area contributed by atoms with Crippen molar-refractivity contribution >= 4 is 33.3 Å². The summed E-state index contributed by atoms with van der Waals surface area (Å²) < 4.78 is 2.48. The Hall–Kier alpha value is -1.95. The van der Waals surface area contributed by atoms with Crippen LogP contribution in [0.5, 0.6) is 0 Å². The standard InChI is InChI=1S/C15H14BrN3O2/c1-9(2)19-7-6-10(17-19)8-18-12-5-3-4-11(16)13(12)14(20)15(18)21/h3-7,9H,8H2,1-2H3. The van der Waals surface area contributed by atoms with Gasteiger partial charge in [0.25, 0.3) is 11.7 Å². The Labute approximate surface area is 130 Å². The van der Waals surface area contributed by atoms with Crippen molar-refractivity contribution in [1.82, 2.24) is 9.78 Å². The molecule has 1 aliphatic rings. The summed E-state index contributed by atoms with van der Waals surface area (Å²) in [4.78, 5) is 25.7. The molecule has 3 rings (SSSR count). The highest BCUT2D eigenvalue weighted by Gasteiger charge is 2.37. The minimum Gasteiger partial charge on any atom is -0.299 e. The van der Waals surface area contributed by atoms with Crippen LogP contribution in [0.4, 0.5) is 5.69 Å². The van der Waals surface area contributed by atoms with E-state index in [4.69, 9.17) is 0 Å². The lowest BCUT2D eigenvalue weighted by Crippen LogP contribution is -2.29. The van der Waals surface area contributed by atoms with Crippen molar-refractivity contribution in [2.24, 2.45) is 0 Å². The van der Waals surface area contributed by atoms with Crippen LogP contribution in [0, 0.1) is 0 Å². The van der Waals surface area contributed by atoms with Crippen LogP contribution in [0.25, 0.3) is 0 Å². The summed E-state index contributed by atoms with van der Waals surface area (Å²) in [6, 6.07) is 7.49. The molecule has 5 nitrogen and oxygen atoms in total. The summed E-state index contributed by atoms with van der Waals surface area (Å²) in [6.07, 6.45) is 1.88. The number of carbonyl (C=O) groups is 2. The quantitative estimate of drug-likeness (QED) is 0.802. The summed E-state index contributed by atoms with van der Waals surface area (Å²) in [7, 11) is 0. The van der Waals surface area contributed by atoms with Gasteiger partial charge in [-0.2, -0.15) is 5.10 Å². The van der Waals surface area contributed by atoms with E-state index in [1.54, 1.807) is 12.1 Å². The molecule has 0 aliphatic carbocycles. The normalized spacial score (nSPS) is 14.2. The van der Waals surface area contributed by atoms with Crippen molar-refractivity contribution in [2.75, 3.05) is 4.90 Å². The Kier molecular flexibility index (Phi) is 3.41. The van der Waals surface area contributed by atoms with Gasteiger partial charge >= 0.3 is 0 Å². The molecule has 0 saturated carbocycles. The van der Waals surface area contributed by atoms with Gasteiger partial charge in [-0.15, -0.1) is 0 Å². The smallest absolute Gasteiger partial charge is 0.299 e. The highest BCUT2D eigenvalue weighted by molar-refractivity contribution is 9.10. The Bertz CT molecular complexity index is 736. The third-order valence-electron chi connectivity index (χ3n) is 3.46. The first-order valence-electron chi connectivity index (χ1n) is 6.67. The maximum atomic E-state index is 12.2. The molecule has 0 N–H and O–H groups in total. The average molecular weight is 348 g/mol. The number of fused-ring (bicyclic) bond motifs is 1. The van der Waals surface area contributed by atoms with E-state index < -0.39 is 11.7 Å². The van der Waals surface area contributed by atoms with Crippen molar-refractivity contribution < 1.29 is 9.59 Å². The van der Waals surface area contributed by atoms with Crippen LogP contribution in [0.15, 0.2) is 34.9 Å². The number of aromatic nitrogens is 2. The molecule has 1 aliphatic heterocycles. The van der Waals surface area contributed by atoms with Crippen LogP contribution in [-0.4, -0.2) is 21.5 Å². The SMILES string of the molecule is CC(C)n1ccc(CN2C(=O)C(=O)c3c(Br)cccc32)n1. The van der Waals surface area contributed by atoms with Crippen LogP contribution >= 0.6 is 15.9 Å². The van der Waals surface area contributed by atoms with E-state index in [1.807, 2.05) is 36.9 Å². The predicted molar refractivity (Wildman–Crippen MR) is 82.3 cm³/mol. The number of hydrogen-bond donors (Lipinski definition) is 0. The third kappa shape index (κ3) is 2.29. The van der Waals surface area contributed by atoms with Gasteiger partial charge in [0.15, 0.2) is 0 Å². The molecule has 0 fully saturated rings. The maximum absolute atomic E-state index is 12.2. The first-order chi connectivity index (χ1) is 9.99. The summed E-state index contributed by atoms with van der Waals surface area (Å²) in [5.74, 6) is -0.975. The second-order valence-corrected chi connectivity index (χ2v) is 6.09. The molecule has 21 heavy (non-hydrogen) atoms. The summed E-state index contributed by atoms with van der Waals surface area (Å²) in [6.45, 7) is 4.37. The number of benzene rings is 1. The largest absolute Gasteiger partial charge is 0.299 e. The predicted octanol–water partition coefficient (Wildman–Crippen LogP) is 2.96. The van der Waals surface area contributed by atoms with E-state index >= 15 is 0 Å². The number of anilines is 1. The zero-order valence-electron chi connectivity index (χ0n) is 11.7. The molecule has 2 heterocycles. The van der Waals surface area contributed by atoms with Crippen molar-refractivity contribution in [2.45, 2.75) is 26.4 Å². The van der Waals surface area contributed by atoms with Crippen LogP contribution < -0.4 is 4.90 Å². The molecule has 1 aromatic heterocycles. The maximum Gasteiger partial charge on any atom is 0.299 e. The van der Waals surface area contributed by atoms with Gasteiger partial charge in [0, 0.05) is 16.7 Å². The second kappa shape index (κ2) is 5.11. The van der Waals surface area contributed by atoms with E-state index in [0.29, 0.717) is 22.3 Å². The highest BCUT2D eigenvalue weighted by Crippen LogP contribution is 2.35. The lowest BCUT2D eigenvalue weighted by atomic mass is 10.1. The molecule has 0 spiro atoms. The Morgan fingerprint density at radius 3 is 2.67 bits per heavy atom. The van der Waals surface area contributed by atoms with Gasteiger partial charge < -0.3 is 0 Å². The lowest BCUT2D eigenvalue weighted by Gasteiger charge is -2.15. The zero-order valence-corrected chi connectivity index (χ0v) is 13.3. The molecule has 2 aromatic rings. The first kappa shape index (κ1) is 14.0. The molecule has 1 aromatic carbocycles. The molecule has 6 heteroatoms. The number of carbonyl (C=O) groups excluding carboxylic acids is 2. The van der Waals surface area contributed by atoms with Crippen LogP contribution in [0.1, 0.15) is 35.9 Å². The number of rotatable bonds is 3. The van der Waals surface area contributed by atoms with Crippen LogP contribution in [-0.2, 0) is 11.3 Å². The van der Waals surface area contributed by atoms with Crippen LogP contribution in [0.3, 0.4) is 0 Å². The molecule has 0 unspecified atom stereocenters. The minimum absolute atomic E-state index is 0.260. The average Bonchev–Trinajstić information content (AvgIpc) is 3.00. The summed E-state index contributed by atoms with van der Waals surface area (Å²) in [5, 5.41) is 4.43. The van der Waals surface area contributed by atoms with Gasteiger partial charge in [0.2, 0.25) is 0 Å². The van der Waals surface area contributed by atoms with E-state index in [-0.39, 0.29) is 6.04 Å². The van der Waals surface area contributed by atoms with E-state index in [0.717, 1.165) is 5.69 Å². The van der Waals surface area contributed by atoms with E-state index in [2.05, 4.69) is 21.0 Å². The number of hydrogen-bond acceptors (Lipinski definition) is 3. The third-order valence-corrected chi connectivity index (χ3v) is 4.12. The van der Waals surface area contributed by atoms with Gasteiger partial charge in [0.05, 0.1) is 23.5 Å². The Morgan fingerprint density at radius 1 is 1.24 bits per heavy atom. The molecule has 0 saturated heterocycles. The number of amides is 1. The Morgan fingerprint density at radius 2 is 2.00 bits per heavy atom. The lowest BCUT2D eigenvalue weighted by molar-refractivity contribution is -0.114. The molecule has 0 bridgehead atoms. The summed E-state index contributed by atoms with van der Waals surface area (Å²) in [5.41, 5.74) is 1.84. The summed E-state index contributed by atoms with van der Waals surface area (Å²) >= 11 is 3.33. The van der Waals surface area contributed by atoms with Gasteiger partial charge in [-0.3, -0.25) is 19.2 Å². The van der Waals surface area contributed by atoms with E-state index in [9.17, 15) is 9.59 Å². The minimum atomic E-state index is -0.504. The van der Waals surface area contributed by atoms with Crippen molar-refractivity contribution in [3.8, 4) is 0 Å². The molecule has 1 amide bonds. The van der Waals surface area contributed by atoms with Crippen molar-refractivity contribution in [3.63, 3.8) is 0 Å². The number of ketones is 1. The monoisotopic (exact) mass is 347 g/mol. The molecular weight excluding hydrogens is 334 g/mol. The molecular formula is C15H14BrN3O2. The fourth-order valence-corrected chi connectivity index (χ4v) is 2.91. The van der Waals surface area contributed by atoms with E-state index in [1.165, 1.54) is 4.90 Å². The fourth-order valence-electron chi connectivity index (χ4n) is 2.37. The zero-order chi connectivity index (χ0) is 15.1. The molecule has 0 atom stereocenters. The van der Waals surface area contributed by atoms with Crippen molar-refractivity contribution in [1.29, 1.82) is 0 Å². The van der Waals surface area contributed by atoms with Gasteiger partial charge in [-0.1, -0.05) is 6.07 Å². The number of Topliss-reactive ketones (excluding diaryl/α,β-unsaturated/α-hetero) is 1. The van der Waals surface area contributed by atoms with Crippen LogP contribution in [0.2, 0.25) is 0 Å². The van der Waals surface area contributed by atoms with Gasteiger partial charge in [0.1, 0.15) is 0 Å². The molecule has 108 valence electrons. The number of halogens is 1. The molecule has 0 radical (unpaired) electrons. The van der Waals surface area contributed by atoms with Gasteiger partial charge in [-0.05, 0) is 48.0 Å². The van der Waals surface area contributed by atoms with Crippen molar-refractivity contribution in [3.05, 3.63) is 46.2 Å². The fraction of sp³-hybridized carbons (Fsp3) is 0.267. The second-order valence-electron chi connectivity index (χ2n) is 5.24.